The molecule has 9 heteroatoms. The Morgan fingerprint density at radius 1 is 1.25 bits per heavy atom. The molecule has 0 aromatic heterocycles. The van der Waals surface area contributed by atoms with Crippen molar-refractivity contribution in [1.82, 2.24) is 20.9 Å². The number of hydrogen-bond donors (Lipinski definition) is 4. The van der Waals surface area contributed by atoms with Crippen molar-refractivity contribution < 1.29 is 24.3 Å². The van der Waals surface area contributed by atoms with Crippen molar-refractivity contribution in [3.63, 3.8) is 0 Å². The molecule has 3 atom stereocenters. The average molecular weight is 340 g/mol. The normalized spacial score (nSPS) is 24.5. The summed E-state index contributed by atoms with van der Waals surface area (Å²) in [6.07, 6.45) is 3.03. The van der Waals surface area contributed by atoms with E-state index in [4.69, 9.17) is 5.11 Å². The summed E-state index contributed by atoms with van der Waals surface area (Å²) in [4.78, 5) is 48.7. The molecule has 0 saturated carbocycles. The molecule has 2 aliphatic heterocycles. The summed E-state index contributed by atoms with van der Waals surface area (Å²) in [5.74, 6) is -2.16. The second-order valence-corrected chi connectivity index (χ2v) is 6.18. The molecule has 0 aromatic rings. The Labute approximate surface area is 140 Å². The van der Waals surface area contributed by atoms with Crippen LogP contribution in [0.1, 0.15) is 32.6 Å². The predicted octanol–water partition coefficient (Wildman–Crippen LogP) is -1.57. The van der Waals surface area contributed by atoms with E-state index in [-0.39, 0.29) is 17.9 Å². The molecule has 24 heavy (non-hydrogen) atoms. The lowest BCUT2D eigenvalue weighted by molar-refractivity contribution is -0.141. The number of carbonyl (C=O) groups is 4. The van der Waals surface area contributed by atoms with Crippen LogP contribution in [-0.4, -0.2) is 71.5 Å². The van der Waals surface area contributed by atoms with Crippen LogP contribution < -0.4 is 16.0 Å². The smallest absolute Gasteiger partial charge is 0.322 e. The van der Waals surface area contributed by atoms with Crippen LogP contribution in [0.5, 0.6) is 0 Å². The minimum absolute atomic E-state index is 0.0619. The van der Waals surface area contributed by atoms with E-state index in [1.807, 2.05) is 0 Å². The zero-order chi connectivity index (χ0) is 17.7. The number of likely N-dealkylation sites (tertiary alicyclic amines) is 1. The Morgan fingerprint density at radius 2 is 2.00 bits per heavy atom. The van der Waals surface area contributed by atoms with Gasteiger partial charge in [-0.3, -0.25) is 19.2 Å². The molecule has 0 radical (unpaired) electrons. The lowest BCUT2D eigenvalue weighted by Crippen LogP contribution is -2.54. The number of nitrogens with one attached hydrogen (secondary N) is 3. The number of nitrogens with zero attached hydrogens (tertiary/aromatic N) is 1. The second kappa shape index (κ2) is 8.09. The lowest BCUT2D eigenvalue weighted by atomic mass is 10.1. The Morgan fingerprint density at radius 3 is 2.62 bits per heavy atom. The molecule has 2 heterocycles. The summed E-state index contributed by atoms with van der Waals surface area (Å²) < 4.78 is 0. The van der Waals surface area contributed by atoms with Gasteiger partial charge in [-0.25, -0.2) is 0 Å². The molecule has 0 aliphatic carbocycles. The van der Waals surface area contributed by atoms with Crippen molar-refractivity contribution in [3.8, 4) is 0 Å². The van der Waals surface area contributed by atoms with E-state index in [2.05, 4.69) is 16.0 Å². The number of carboxylic acid groups (broad SMARTS) is 1. The van der Waals surface area contributed by atoms with Crippen molar-refractivity contribution in [2.45, 2.75) is 50.7 Å². The van der Waals surface area contributed by atoms with E-state index < -0.39 is 30.5 Å². The molecule has 2 rings (SSSR count). The molecule has 2 saturated heterocycles. The van der Waals surface area contributed by atoms with E-state index in [0.29, 0.717) is 13.0 Å². The van der Waals surface area contributed by atoms with Gasteiger partial charge < -0.3 is 26.0 Å². The summed E-state index contributed by atoms with van der Waals surface area (Å²) in [6, 6.07) is -1.66. The molecule has 4 N–H and O–H groups in total. The van der Waals surface area contributed by atoms with Gasteiger partial charge in [0.15, 0.2) is 0 Å². The summed E-state index contributed by atoms with van der Waals surface area (Å²) in [6.45, 7) is 2.33. The number of carbonyl (C=O) groups excluding carboxylic acids is 3. The molecule has 134 valence electrons. The number of carboxylic acids is 1. The molecule has 0 aromatic carbocycles. The van der Waals surface area contributed by atoms with Crippen molar-refractivity contribution >= 4 is 23.7 Å². The first kappa shape index (κ1) is 18.2. The van der Waals surface area contributed by atoms with E-state index >= 15 is 0 Å². The fraction of sp³-hybridized carbons (Fsp3) is 0.733. The van der Waals surface area contributed by atoms with Gasteiger partial charge in [-0.2, -0.15) is 0 Å². The largest absolute Gasteiger partial charge is 0.480 e. The van der Waals surface area contributed by atoms with Gasteiger partial charge in [-0.05, 0) is 39.2 Å². The van der Waals surface area contributed by atoms with Gasteiger partial charge in [-0.15, -0.1) is 0 Å². The van der Waals surface area contributed by atoms with E-state index in [0.717, 1.165) is 25.8 Å². The van der Waals surface area contributed by atoms with Gasteiger partial charge in [0.05, 0.1) is 6.04 Å². The summed E-state index contributed by atoms with van der Waals surface area (Å²) >= 11 is 0. The highest BCUT2D eigenvalue weighted by Gasteiger charge is 2.38. The first-order valence-corrected chi connectivity index (χ1v) is 8.24. The van der Waals surface area contributed by atoms with Crippen LogP contribution in [0, 0.1) is 0 Å². The number of rotatable bonds is 6. The van der Waals surface area contributed by atoms with Crippen LogP contribution in [0.15, 0.2) is 0 Å². The zero-order valence-corrected chi connectivity index (χ0v) is 13.7. The quantitative estimate of drug-likeness (QED) is 0.463. The average Bonchev–Trinajstić information content (AvgIpc) is 3.22. The first-order valence-electron chi connectivity index (χ1n) is 8.24. The fourth-order valence-electron chi connectivity index (χ4n) is 3.09. The van der Waals surface area contributed by atoms with Crippen LogP contribution in [0.2, 0.25) is 0 Å². The Balaban J connectivity index is 1.89. The molecule has 3 unspecified atom stereocenters. The highest BCUT2D eigenvalue weighted by Crippen LogP contribution is 2.20. The van der Waals surface area contributed by atoms with Crippen LogP contribution in [0.25, 0.3) is 0 Å². The third-order valence-corrected chi connectivity index (χ3v) is 4.36. The summed E-state index contributed by atoms with van der Waals surface area (Å²) in [5, 5.41) is 16.5. The number of amides is 3. The van der Waals surface area contributed by atoms with Crippen molar-refractivity contribution in [1.29, 1.82) is 0 Å². The predicted molar refractivity (Wildman–Crippen MR) is 84.0 cm³/mol. The van der Waals surface area contributed by atoms with Crippen LogP contribution in [0.3, 0.4) is 0 Å². The minimum Gasteiger partial charge on any atom is -0.480 e. The Hall–Kier alpha value is -2.16. The highest BCUT2D eigenvalue weighted by atomic mass is 16.4. The molecule has 3 amide bonds. The maximum atomic E-state index is 12.5. The SMILES string of the molecule is CC(NC(=O)C1CCCN1C(=O)C1CCCN1)C(=O)NCC(=O)O. The van der Waals surface area contributed by atoms with Gasteiger partial charge >= 0.3 is 5.97 Å². The number of hydrogen-bond acceptors (Lipinski definition) is 5. The van der Waals surface area contributed by atoms with E-state index in [1.54, 1.807) is 4.90 Å². The lowest BCUT2D eigenvalue weighted by Gasteiger charge is -2.27. The third-order valence-electron chi connectivity index (χ3n) is 4.36. The Bertz CT molecular complexity index is 518. The van der Waals surface area contributed by atoms with Gasteiger partial charge in [0.25, 0.3) is 0 Å². The Kier molecular flexibility index (Phi) is 6.13. The topological polar surface area (TPSA) is 128 Å². The molecule has 0 bridgehead atoms. The minimum atomic E-state index is -1.15. The standard InChI is InChI=1S/C15H24N4O5/c1-9(13(22)17-8-12(20)21)18-14(23)11-5-3-7-19(11)15(24)10-4-2-6-16-10/h9-11,16H,2-8H2,1H3,(H,17,22)(H,18,23)(H,20,21). The molecule has 0 spiro atoms. The van der Waals surface area contributed by atoms with Gasteiger partial charge in [0, 0.05) is 6.54 Å². The van der Waals surface area contributed by atoms with Gasteiger partial charge in [0.2, 0.25) is 17.7 Å². The monoisotopic (exact) mass is 340 g/mol. The highest BCUT2D eigenvalue weighted by molar-refractivity contribution is 5.93. The third kappa shape index (κ3) is 4.44. The van der Waals surface area contributed by atoms with Crippen LogP contribution >= 0.6 is 0 Å². The second-order valence-electron chi connectivity index (χ2n) is 6.18. The van der Waals surface area contributed by atoms with Crippen molar-refractivity contribution in [3.05, 3.63) is 0 Å². The van der Waals surface area contributed by atoms with Gasteiger partial charge in [-0.1, -0.05) is 0 Å². The van der Waals surface area contributed by atoms with Crippen LogP contribution in [-0.2, 0) is 19.2 Å². The van der Waals surface area contributed by atoms with Crippen molar-refractivity contribution in [2.75, 3.05) is 19.6 Å². The summed E-state index contributed by atoms with van der Waals surface area (Å²) in [7, 11) is 0. The number of aliphatic carboxylic acids is 1. The summed E-state index contributed by atoms with van der Waals surface area (Å²) in [5.41, 5.74) is 0. The molecule has 2 aliphatic rings. The maximum absolute atomic E-state index is 12.5. The molecular formula is C15H24N4O5. The van der Waals surface area contributed by atoms with Gasteiger partial charge in [0.1, 0.15) is 18.6 Å². The maximum Gasteiger partial charge on any atom is 0.322 e. The van der Waals surface area contributed by atoms with Crippen LogP contribution in [0.4, 0.5) is 0 Å². The first-order chi connectivity index (χ1) is 11.4. The zero-order valence-electron chi connectivity index (χ0n) is 13.7. The van der Waals surface area contributed by atoms with E-state index in [1.165, 1.54) is 6.92 Å². The molecular weight excluding hydrogens is 316 g/mol. The molecule has 9 nitrogen and oxygen atoms in total. The van der Waals surface area contributed by atoms with Crippen molar-refractivity contribution in [2.24, 2.45) is 0 Å². The molecule has 2 fully saturated rings. The fourth-order valence-corrected chi connectivity index (χ4v) is 3.09. The van der Waals surface area contributed by atoms with E-state index in [9.17, 15) is 19.2 Å².